The van der Waals surface area contributed by atoms with Crippen LogP contribution in [0.25, 0.3) is 0 Å². The van der Waals surface area contributed by atoms with E-state index in [-0.39, 0.29) is 30.7 Å². The highest BCUT2D eigenvalue weighted by Crippen LogP contribution is 2.13. The summed E-state index contributed by atoms with van der Waals surface area (Å²) < 4.78 is 55.9. The van der Waals surface area contributed by atoms with Gasteiger partial charge >= 0.3 is 0 Å². The van der Waals surface area contributed by atoms with Crippen molar-refractivity contribution in [1.82, 2.24) is 29.9 Å². The predicted octanol–water partition coefficient (Wildman–Crippen LogP) is 1.60. The summed E-state index contributed by atoms with van der Waals surface area (Å²) in [7, 11) is -3.63. The van der Waals surface area contributed by atoms with E-state index in [1.54, 1.807) is 10.9 Å². The maximum Gasteiger partial charge on any atom is 0.221 e. The van der Waals surface area contributed by atoms with Crippen LogP contribution in [0.3, 0.4) is 0 Å². The summed E-state index contributed by atoms with van der Waals surface area (Å²) >= 11 is 0. The zero-order chi connectivity index (χ0) is 27.4. The Kier molecular flexibility index (Phi) is 12.5. The van der Waals surface area contributed by atoms with E-state index in [9.17, 15) is 27.1 Å². The minimum atomic E-state index is -3.63. The molecule has 0 saturated carbocycles. The van der Waals surface area contributed by atoms with Crippen molar-refractivity contribution >= 4 is 15.9 Å². The molecule has 0 saturated heterocycles. The summed E-state index contributed by atoms with van der Waals surface area (Å²) in [6.07, 6.45) is 1.43. The second-order valence-electron chi connectivity index (χ2n) is 8.86. The van der Waals surface area contributed by atoms with Gasteiger partial charge in [0.2, 0.25) is 15.9 Å². The number of sulfonamides is 1. The maximum absolute atomic E-state index is 13.7. The monoisotopic (exact) mass is 544 g/mol. The van der Waals surface area contributed by atoms with Gasteiger partial charge in [0.25, 0.3) is 0 Å². The predicted molar refractivity (Wildman–Crippen MR) is 136 cm³/mol. The van der Waals surface area contributed by atoms with Crippen LogP contribution < -0.4 is 10.6 Å². The van der Waals surface area contributed by atoms with E-state index < -0.39 is 39.7 Å². The molecule has 0 fully saturated rings. The number of benzene rings is 1. The molecule has 3 N–H and O–H groups in total. The summed E-state index contributed by atoms with van der Waals surface area (Å²) in [4.78, 5) is 12.7. The maximum atomic E-state index is 13.7. The van der Waals surface area contributed by atoms with Gasteiger partial charge in [-0.25, -0.2) is 26.2 Å². The number of nitrogens with zero attached hydrogens (tertiary/aromatic N) is 4. The molecular formula is C24H38F2N6O4S. The normalized spacial score (nSPS) is 13.6. The highest BCUT2D eigenvalue weighted by Gasteiger charge is 2.25. The van der Waals surface area contributed by atoms with Crippen LogP contribution in [0, 0.1) is 11.6 Å². The fourth-order valence-corrected chi connectivity index (χ4v) is 5.58. The van der Waals surface area contributed by atoms with Crippen LogP contribution in [-0.2, 0) is 34.3 Å². The van der Waals surface area contributed by atoms with E-state index in [2.05, 4.69) is 20.9 Å². The molecule has 1 amide bonds. The first-order chi connectivity index (χ1) is 17.6. The molecule has 37 heavy (non-hydrogen) atoms. The van der Waals surface area contributed by atoms with Crippen LogP contribution in [0.1, 0.15) is 51.3 Å². The molecule has 1 aromatic heterocycles. The largest absolute Gasteiger partial charge is 0.390 e. The first kappa shape index (κ1) is 30.7. The van der Waals surface area contributed by atoms with Gasteiger partial charge in [0.15, 0.2) is 0 Å². The summed E-state index contributed by atoms with van der Waals surface area (Å²) in [5.41, 5.74) is 1.05. The van der Waals surface area contributed by atoms with E-state index in [1.165, 1.54) is 4.31 Å². The van der Waals surface area contributed by atoms with Gasteiger partial charge in [0.1, 0.15) is 11.6 Å². The van der Waals surface area contributed by atoms with Crippen molar-refractivity contribution in [3.8, 4) is 0 Å². The van der Waals surface area contributed by atoms with E-state index >= 15 is 0 Å². The molecule has 0 aliphatic heterocycles. The average Bonchev–Trinajstić information content (AvgIpc) is 3.29. The van der Waals surface area contributed by atoms with Gasteiger partial charge in [-0.05, 0) is 43.9 Å². The molecule has 0 unspecified atom stereocenters. The number of rotatable bonds is 17. The zero-order valence-electron chi connectivity index (χ0n) is 21.7. The molecular weight excluding hydrogens is 506 g/mol. The van der Waals surface area contributed by atoms with Crippen LogP contribution in [0.4, 0.5) is 8.78 Å². The van der Waals surface area contributed by atoms with Crippen LogP contribution >= 0.6 is 0 Å². The molecule has 1 heterocycles. The fraction of sp³-hybridized carbons (Fsp3) is 0.625. The Hall–Kier alpha value is -2.48. The zero-order valence-corrected chi connectivity index (χ0v) is 22.5. The second-order valence-corrected chi connectivity index (χ2v) is 10.9. The van der Waals surface area contributed by atoms with Crippen molar-refractivity contribution < 1.29 is 27.1 Å². The lowest BCUT2D eigenvalue weighted by Gasteiger charge is -2.25. The number of carbonyl (C=O) groups excluding carboxylic acids is 1. The SMILES string of the molecule is CCCN(CCC)S(=O)(=O)CCC(=O)N[C@@H](Cc1cc(F)cc(F)c1)[C@H](O)CNCc1cnnn1CC. The second kappa shape index (κ2) is 15.1. The molecule has 1 aromatic carbocycles. The van der Waals surface area contributed by atoms with Gasteiger partial charge in [-0.1, -0.05) is 19.1 Å². The number of aliphatic hydroxyl groups excluding tert-OH is 1. The average molecular weight is 545 g/mol. The lowest BCUT2D eigenvalue weighted by atomic mass is 10.0. The lowest BCUT2D eigenvalue weighted by molar-refractivity contribution is -0.122. The molecule has 2 rings (SSSR count). The molecule has 10 nitrogen and oxygen atoms in total. The van der Waals surface area contributed by atoms with E-state index in [0.29, 0.717) is 39.0 Å². The molecule has 0 aliphatic rings. The van der Waals surface area contributed by atoms with Gasteiger partial charge in [0.05, 0.1) is 29.8 Å². The van der Waals surface area contributed by atoms with Crippen LogP contribution in [0.15, 0.2) is 24.4 Å². The number of hydrogen-bond donors (Lipinski definition) is 3. The van der Waals surface area contributed by atoms with Crippen molar-refractivity contribution in [3.05, 3.63) is 47.3 Å². The highest BCUT2D eigenvalue weighted by molar-refractivity contribution is 7.89. The van der Waals surface area contributed by atoms with E-state index in [0.717, 1.165) is 23.9 Å². The van der Waals surface area contributed by atoms with Crippen molar-refractivity contribution in [2.45, 2.75) is 71.7 Å². The van der Waals surface area contributed by atoms with Crippen molar-refractivity contribution in [1.29, 1.82) is 0 Å². The van der Waals surface area contributed by atoms with Crippen molar-refractivity contribution in [2.24, 2.45) is 0 Å². The Balaban J connectivity index is 2.06. The first-order valence-electron chi connectivity index (χ1n) is 12.6. The number of amides is 1. The van der Waals surface area contributed by atoms with Gasteiger partial charge in [0, 0.05) is 45.2 Å². The Morgan fingerprint density at radius 1 is 1.14 bits per heavy atom. The topological polar surface area (TPSA) is 129 Å². The molecule has 0 radical (unpaired) electrons. The number of nitrogens with one attached hydrogen (secondary N) is 2. The Bertz CT molecular complexity index is 1070. The molecule has 0 bridgehead atoms. The third-order valence-corrected chi connectivity index (χ3v) is 7.64. The van der Waals surface area contributed by atoms with Gasteiger partial charge in [-0.3, -0.25) is 4.79 Å². The number of aliphatic hydroxyl groups is 1. The van der Waals surface area contributed by atoms with Crippen LogP contribution in [0.2, 0.25) is 0 Å². The smallest absolute Gasteiger partial charge is 0.221 e. The lowest BCUT2D eigenvalue weighted by Crippen LogP contribution is -2.49. The number of halogens is 2. The summed E-state index contributed by atoms with van der Waals surface area (Å²) in [5, 5.41) is 24.4. The Morgan fingerprint density at radius 2 is 1.78 bits per heavy atom. The fourth-order valence-electron chi connectivity index (χ4n) is 3.96. The first-order valence-corrected chi connectivity index (χ1v) is 14.2. The minimum Gasteiger partial charge on any atom is -0.390 e. The molecule has 0 spiro atoms. The van der Waals surface area contributed by atoms with E-state index in [1.807, 2.05) is 20.8 Å². The number of aromatic nitrogens is 3. The molecule has 208 valence electrons. The quantitative estimate of drug-likeness (QED) is 0.276. The third kappa shape index (κ3) is 10.1. The molecule has 2 aromatic rings. The number of hydrogen-bond acceptors (Lipinski definition) is 7. The third-order valence-electron chi connectivity index (χ3n) is 5.77. The van der Waals surface area contributed by atoms with Crippen LogP contribution in [0.5, 0.6) is 0 Å². The van der Waals surface area contributed by atoms with Gasteiger partial charge in [-0.15, -0.1) is 5.10 Å². The minimum absolute atomic E-state index is 0.0523. The molecule has 2 atom stereocenters. The van der Waals surface area contributed by atoms with Crippen LogP contribution in [-0.4, -0.2) is 76.3 Å². The number of aryl methyl sites for hydroxylation is 1. The summed E-state index contributed by atoms with van der Waals surface area (Å²) in [6.45, 7) is 7.47. The highest BCUT2D eigenvalue weighted by atomic mass is 32.2. The summed E-state index contributed by atoms with van der Waals surface area (Å²) in [6, 6.07) is 2.08. The summed E-state index contributed by atoms with van der Waals surface area (Å²) in [5.74, 6) is -2.49. The van der Waals surface area contributed by atoms with E-state index in [4.69, 9.17) is 0 Å². The molecule has 13 heteroatoms. The number of carbonyl (C=O) groups is 1. The van der Waals surface area contributed by atoms with Gasteiger partial charge < -0.3 is 15.7 Å². The van der Waals surface area contributed by atoms with Gasteiger partial charge in [-0.2, -0.15) is 0 Å². The Morgan fingerprint density at radius 3 is 2.38 bits per heavy atom. The standard InChI is InChI=1S/C24H38F2N6O4S/c1-4-8-31(9-5-2)37(35,36)10-7-24(34)29-22(13-18-11-19(25)14-20(26)12-18)23(33)17-27-15-21-16-28-30-32(21)6-3/h11-12,14,16,22-23,27,33H,4-10,13,15,17H2,1-3H3,(H,29,34)/t22-,23+/m0/s1. The van der Waals surface area contributed by atoms with Crippen molar-refractivity contribution in [2.75, 3.05) is 25.4 Å². The Labute approximate surface area is 217 Å². The molecule has 0 aliphatic carbocycles. The van der Waals surface area contributed by atoms with Crippen molar-refractivity contribution in [3.63, 3.8) is 0 Å².